The summed E-state index contributed by atoms with van der Waals surface area (Å²) in [5.74, 6) is 0. The number of rotatable bonds is 3. The van der Waals surface area contributed by atoms with Crippen molar-refractivity contribution in [2.24, 2.45) is 5.73 Å². The van der Waals surface area contributed by atoms with Crippen LogP contribution in [0.25, 0.3) is 0 Å². The molecule has 4 heteroatoms. The second kappa shape index (κ2) is 6.20. The first-order valence-corrected chi connectivity index (χ1v) is 5.99. The first-order valence-electron chi connectivity index (χ1n) is 5.99. The number of hydrogen-bond acceptors (Lipinski definition) is 3. The molecule has 1 heterocycles. The van der Waals surface area contributed by atoms with Crippen molar-refractivity contribution >= 4 is 12.4 Å². The van der Waals surface area contributed by atoms with E-state index in [9.17, 15) is 0 Å². The summed E-state index contributed by atoms with van der Waals surface area (Å²) < 4.78 is 0. The molecule has 1 fully saturated rings. The second-order valence-corrected chi connectivity index (χ2v) is 5.91. The van der Waals surface area contributed by atoms with Gasteiger partial charge in [-0.05, 0) is 54.3 Å². The van der Waals surface area contributed by atoms with Gasteiger partial charge in [-0.2, -0.15) is 0 Å². The Morgan fingerprint density at radius 2 is 2.00 bits per heavy atom. The minimum Gasteiger partial charge on any atom is -0.324 e. The van der Waals surface area contributed by atoms with Gasteiger partial charge in [0.1, 0.15) is 0 Å². The quantitative estimate of drug-likeness (QED) is 0.824. The van der Waals surface area contributed by atoms with E-state index in [-0.39, 0.29) is 17.9 Å². The van der Waals surface area contributed by atoms with Gasteiger partial charge in [-0.25, -0.2) is 0 Å². The van der Waals surface area contributed by atoms with Crippen LogP contribution < -0.4 is 5.73 Å². The largest absolute Gasteiger partial charge is 0.324 e. The van der Waals surface area contributed by atoms with Crippen LogP contribution in [0.5, 0.6) is 0 Å². The lowest BCUT2D eigenvalue weighted by Crippen LogP contribution is -2.51. The van der Waals surface area contributed by atoms with Gasteiger partial charge in [-0.3, -0.25) is 0 Å². The van der Waals surface area contributed by atoms with Crippen LogP contribution in [0.4, 0.5) is 0 Å². The van der Waals surface area contributed by atoms with Gasteiger partial charge in [0.25, 0.3) is 0 Å². The monoisotopic (exact) mass is 249 g/mol. The lowest BCUT2D eigenvalue weighted by atomic mass is 9.96. The highest BCUT2D eigenvalue weighted by Crippen LogP contribution is 2.20. The molecular formula is C12H28ClN3. The molecule has 0 saturated carbocycles. The SMILES string of the molecule is CC1CC(N(C)CC(C)(C)N)CCN1C.Cl. The third kappa shape index (κ3) is 5.00. The molecule has 0 bridgehead atoms. The summed E-state index contributed by atoms with van der Waals surface area (Å²) in [7, 11) is 4.42. The zero-order valence-corrected chi connectivity index (χ0v) is 12.2. The van der Waals surface area contributed by atoms with Crippen molar-refractivity contribution in [3.63, 3.8) is 0 Å². The molecule has 1 aliphatic rings. The van der Waals surface area contributed by atoms with Crippen LogP contribution in [-0.4, -0.2) is 54.6 Å². The fourth-order valence-electron chi connectivity index (χ4n) is 2.44. The zero-order valence-electron chi connectivity index (χ0n) is 11.4. The average Bonchev–Trinajstić information content (AvgIpc) is 2.06. The molecule has 1 saturated heterocycles. The molecule has 0 radical (unpaired) electrons. The van der Waals surface area contributed by atoms with E-state index in [0.29, 0.717) is 12.1 Å². The number of nitrogens with zero attached hydrogens (tertiary/aromatic N) is 2. The Morgan fingerprint density at radius 3 is 2.44 bits per heavy atom. The molecule has 0 amide bonds. The summed E-state index contributed by atoms with van der Waals surface area (Å²) in [6, 6.07) is 1.41. The Hall–Kier alpha value is 0.170. The molecule has 0 aromatic rings. The van der Waals surface area contributed by atoms with Gasteiger partial charge in [0, 0.05) is 24.2 Å². The zero-order chi connectivity index (χ0) is 11.6. The lowest BCUT2D eigenvalue weighted by Gasteiger charge is -2.41. The smallest absolute Gasteiger partial charge is 0.0226 e. The summed E-state index contributed by atoms with van der Waals surface area (Å²) in [6.45, 7) is 8.70. The third-order valence-electron chi connectivity index (χ3n) is 3.46. The number of halogens is 1. The number of hydrogen-bond donors (Lipinski definition) is 1. The number of likely N-dealkylation sites (N-methyl/N-ethyl adjacent to an activating group) is 1. The highest BCUT2D eigenvalue weighted by molar-refractivity contribution is 5.85. The molecule has 16 heavy (non-hydrogen) atoms. The van der Waals surface area contributed by atoms with Gasteiger partial charge in [-0.1, -0.05) is 0 Å². The number of likely N-dealkylation sites (tertiary alicyclic amines) is 1. The maximum atomic E-state index is 6.05. The van der Waals surface area contributed by atoms with E-state index in [4.69, 9.17) is 5.73 Å². The Labute approximate surface area is 107 Å². The van der Waals surface area contributed by atoms with Gasteiger partial charge in [-0.15, -0.1) is 12.4 Å². The van der Waals surface area contributed by atoms with E-state index in [1.807, 2.05) is 0 Å². The van der Waals surface area contributed by atoms with Crippen molar-refractivity contribution in [2.75, 3.05) is 27.2 Å². The Kier molecular flexibility index (Phi) is 6.26. The van der Waals surface area contributed by atoms with Gasteiger partial charge < -0.3 is 15.5 Å². The Morgan fingerprint density at radius 1 is 1.44 bits per heavy atom. The predicted molar refractivity (Wildman–Crippen MR) is 73.3 cm³/mol. The van der Waals surface area contributed by atoms with Gasteiger partial charge in [0.05, 0.1) is 0 Å². The van der Waals surface area contributed by atoms with Crippen LogP contribution in [0.3, 0.4) is 0 Å². The average molecular weight is 250 g/mol. The van der Waals surface area contributed by atoms with E-state index in [0.717, 1.165) is 6.54 Å². The maximum Gasteiger partial charge on any atom is 0.0226 e. The summed E-state index contributed by atoms with van der Waals surface area (Å²) in [4.78, 5) is 4.88. The normalized spacial score (nSPS) is 27.9. The molecule has 1 aliphatic heterocycles. The van der Waals surface area contributed by atoms with Crippen molar-refractivity contribution in [3.8, 4) is 0 Å². The Bertz CT molecular complexity index is 203. The summed E-state index contributed by atoms with van der Waals surface area (Å²) >= 11 is 0. The topological polar surface area (TPSA) is 32.5 Å². The molecule has 0 aromatic carbocycles. The summed E-state index contributed by atoms with van der Waals surface area (Å²) in [5, 5.41) is 0. The van der Waals surface area contributed by atoms with Crippen LogP contribution in [0.15, 0.2) is 0 Å². The highest BCUT2D eigenvalue weighted by atomic mass is 35.5. The standard InChI is InChI=1S/C12H27N3.ClH/c1-10-8-11(6-7-14(10)4)15(5)9-12(2,3)13;/h10-11H,6-9,13H2,1-5H3;1H. The van der Waals surface area contributed by atoms with Crippen molar-refractivity contribution in [1.29, 1.82) is 0 Å². The van der Waals surface area contributed by atoms with Crippen molar-refractivity contribution in [1.82, 2.24) is 9.80 Å². The summed E-state index contributed by atoms with van der Waals surface area (Å²) in [5.41, 5.74) is 5.97. The minimum absolute atomic E-state index is 0. The van der Waals surface area contributed by atoms with E-state index in [2.05, 4.69) is 44.7 Å². The van der Waals surface area contributed by atoms with Gasteiger partial charge >= 0.3 is 0 Å². The number of nitrogens with two attached hydrogens (primary N) is 1. The lowest BCUT2D eigenvalue weighted by molar-refractivity contribution is 0.0937. The fourth-order valence-corrected chi connectivity index (χ4v) is 2.44. The minimum atomic E-state index is -0.0820. The predicted octanol–water partition coefficient (Wildman–Crippen LogP) is 1.56. The molecule has 0 spiro atoms. The molecule has 0 aromatic heterocycles. The van der Waals surface area contributed by atoms with Crippen LogP contribution in [-0.2, 0) is 0 Å². The molecule has 2 N–H and O–H groups in total. The van der Waals surface area contributed by atoms with Crippen LogP contribution in [0, 0.1) is 0 Å². The fraction of sp³-hybridized carbons (Fsp3) is 1.00. The van der Waals surface area contributed by atoms with Crippen molar-refractivity contribution in [3.05, 3.63) is 0 Å². The van der Waals surface area contributed by atoms with Crippen molar-refractivity contribution in [2.45, 2.75) is 51.2 Å². The second-order valence-electron chi connectivity index (χ2n) is 5.91. The first-order chi connectivity index (χ1) is 6.79. The number of piperidine rings is 1. The third-order valence-corrected chi connectivity index (χ3v) is 3.46. The Balaban J connectivity index is 0.00000225. The molecule has 0 aliphatic carbocycles. The molecule has 3 nitrogen and oxygen atoms in total. The molecular weight excluding hydrogens is 222 g/mol. The van der Waals surface area contributed by atoms with E-state index in [1.165, 1.54) is 19.4 Å². The maximum absolute atomic E-state index is 6.05. The van der Waals surface area contributed by atoms with Crippen molar-refractivity contribution < 1.29 is 0 Å². The van der Waals surface area contributed by atoms with E-state index >= 15 is 0 Å². The molecule has 1 rings (SSSR count). The van der Waals surface area contributed by atoms with Crippen LogP contribution >= 0.6 is 12.4 Å². The molecule has 2 unspecified atom stereocenters. The summed E-state index contributed by atoms with van der Waals surface area (Å²) in [6.07, 6.45) is 2.54. The van der Waals surface area contributed by atoms with E-state index in [1.54, 1.807) is 0 Å². The molecule has 2 atom stereocenters. The van der Waals surface area contributed by atoms with E-state index < -0.39 is 0 Å². The van der Waals surface area contributed by atoms with Gasteiger partial charge in [0.2, 0.25) is 0 Å². The van der Waals surface area contributed by atoms with Crippen LogP contribution in [0.1, 0.15) is 33.6 Å². The first kappa shape index (κ1) is 16.2. The molecule has 98 valence electrons. The highest BCUT2D eigenvalue weighted by Gasteiger charge is 2.27. The van der Waals surface area contributed by atoms with Crippen LogP contribution in [0.2, 0.25) is 0 Å². The van der Waals surface area contributed by atoms with Gasteiger partial charge in [0.15, 0.2) is 0 Å².